The summed E-state index contributed by atoms with van der Waals surface area (Å²) in [5, 5.41) is 23.9. The predicted octanol–water partition coefficient (Wildman–Crippen LogP) is 3.33. The number of likely N-dealkylation sites (tertiary alicyclic amines) is 1. The molecule has 0 radical (unpaired) electrons. The number of H-pyrrole nitrogens is 1. The molecule has 1 aliphatic heterocycles. The van der Waals surface area contributed by atoms with Crippen molar-refractivity contribution in [2.45, 2.75) is 25.8 Å². The average Bonchev–Trinajstić information content (AvgIpc) is 3.36. The number of nitrogens with zero attached hydrogens (tertiary/aromatic N) is 4. The number of aromatic amines is 1. The third-order valence-electron chi connectivity index (χ3n) is 6.05. The Morgan fingerprint density at radius 1 is 1.24 bits per heavy atom. The first-order valence-corrected chi connectivity index (χ1v) is 12.0. The second-order valence-corrected chi connectivity index (χ2v) is 8.73. The van der Waals surface area contributed by atoms with Crippen LogP contribution in [0.5, 0.6) is 0 Å². The Hall–Kier alpha value is -4.73. The number of nitrogen functional groups attached to an aromatic ring is 1. The molecular formula is C27H30N8O2. The summed E-state index contributed by atoms with van der Waals surface area (Å²) >= 11 is 0. The van der Waals surface area contributed by atoms with Crippen LogP contribution in [-0.4, -0.2) is 56.1 Å². The zero-order chi connectivity index (χ0) is 26.4. The monoisotopic (exact) mass is 498 g/mol. The highest BCUT2D eigenvalue weighted by Gasteiger charge is 2.24. The molecule has 1 saturated heterocycles. The molecule has 1 fully saturated rings. The number of carbonyl (C=O) groups excluding carboxylic acids is 1. The van der Waals surface area contributed by atoms with Gasteiger partial charge in [0.15, 0.2) is 5.82 Å². The van der Waals surface area contributed by atoms with E-state index in [4.69, 9.17) is 11.1 Å². The number of rotatable bonds is 6. The topological polar surface area (TPSA) is 146 Å². The van der Waals surface area contributed by atoms with Gasteiger partial charge in [0.2, 0.25) is 6.41 Å². The first-order valence-electron chi connectivity index (χ1n) is 12.0. The molecule has 10 nitrogen and oxygen atoms in total. The lowest BCUT2D eigenvalue weighted by Gasteiger charge is -2.31. The van der Waals surface area contributed by atoms with Gasteiger partial charge in [0, 0.05) is 36.3 Å². The average molecular weight is 499 g/mol. The number of fused-ring (bicyclic) bond motifs is 1. The Morgan fingerprint density at radius 3 is 2.68 bits per heavy atom. The van der Waals surface area contributed by atoms with Gasteiger partial charge in [-0.15, -0.1) is 6.58 Å². The SMILES string of the molecule is C=CC.N=C(c1ccc(-n2cc3ccccc3n2)cc1)c1c(N)n[nH]c(=O)c1NC1CCCN(C=O)C1. The van der Waals surface area contributed by atoms with Gasteiger partial charge in [-0.1, -0.05) is 36.4 Å². The lowest BCUT2D eigenvalue weighted by Crippen LogP contribution is -2.42. The number of benzene rings is 2. The largest absolute Gasteiger partial charge is 0.382 e. The van der Waals surface area contributed by atoms with E-state index in [-0.39, 0.29) is 28.8 Å². The number of nitrogens with one attached hydrogen (secondary N) is 3. The van der Waals surface area contributed by atoms with Crippen LogP contribution in [-0.2, 0) is 4.79 Å². The van der Waals surface area contributed by atoms with E-state index < -0.39 is 5.56 Å². The van der Waals surface area contributed by atoms with Gasteiger partial charge < -0.3 is 16.0 Å². The quantitative estimate of drug-likeness (QED) is 0.182. The van der Waals surface area contributed by atoms with Crippen molar-refractivity contribution in [1.82, 2.24) is 24.9 Å². The third kappa shape index (κ3) is 5.58. The Labute approximate surface area is 214 Å². The normalized spacial score (nSPS) is 14.9. The molecule has 2 aromatic carbocycles. The fourth-order valence-electron chi connectivity index (χ4n) is 4.30. The van der Waals surface area contributed by atoms with Crippen LogP contribution in [0.1, 0.15) is 30.9 Å². The Morgan fingerprint density at radius 2 is 1.97 bits per heavy atom. The van der Waals surface area contributed by atoms with Crippen LogP contribution in [0.15, 0.2) is 72.2 Å². The van der Waals surface area contributed by atoms with Crippen molar-refractivity contribution in [1.29, 1.82) is 5.41 Å². The van der Waals surface area contributed by atoms with Crippen molar-refractivity contribution in [3.05, 3.63) is 88.9 Å². The number of aromatic nitrogens is 4. The second kappa shape index (κ2) is 11.3. The Bertz CT molecular complexity index is 1440. The summed E-state index contributed by atoms with van der Waals surface area (Å²) in [4.78, 5) is 25.5. The Kier molecular flexibility index (Phi) is 7.77. The van der Waals surface area contributed by atoms with E-state index in [2.05, 4.69) is 27.2 Å². The van der Waals surface area contributed by atoms with Crippen LogP contribution in [0, 0.1) is 5.41 Å². The van der Waals surface area contributed by atoms with Crippen molar-refractivity contribution in [2.24, 2.45) is 0 Å². The molecule has 5 rings (SSSR count). The summed E-state index contributed by atoms with van der Waals surface area (Å²) in [6.45, 7) is 6.42. The van der Waals surface area contributed by atoms with E-state index in [1.54, 1.807) is 27.8 Å². The van der Waals surface area contributed by atoms with Crippen LogP contribution in [0.25, 0.3) is 16.6 Å². The minimum absolute atomic E-state index is 0.0533. The van der Waals surface area contributed by atoms with Crippen LogP contribution in [0.4, 0.5) is 11.5 Å². The van der Waals surface area contributed by atoms with Gasteiger partial charge in [0.1, 0.15) is 5.69 Å². The number of nitrogens with two attached hydrogens (primary N) is 1. The number of hydrogen-bond acceptors (Lipinski definition) is 7. The number of hydrogen-bond donors (Lipinski definition) is 4. The summed E-state index contributed by atoms with van der Waals surface area (Å²) in [6.07, 6.45) is 6.13. The molecule has 0 saturated carbocycles. The molecule has 0 bridgehead atoms. The van der Waals surface area contributed by atoms with E-state index in [0.29, 0.717) is 18.7 Å². The zero-order valence-electron chi connectivity index (χ0n) is 20.6. The van der Waals surface area contributed by atoms with Crippen LogP contribution in [0.2, 0.25) is 0 Å². The van der Waals surface area contributed by atoms with Gasteiger partial charge >= 0.3 is 0 Å². The molecule has 4 aromatic rings. The fourth-order valence-corrected chi connectivity index (χ4v) is 4.30. The predicted molar refractivity (Wildman–Crippen MR) is 146 cm³/mol. The molecule has 190 valence electrons. The van der Waals surface area contributed by atoms with E-state index in [0.717, 1.165) is 35.8 Å². The molecule has 3 heterocycles. The molecule has 37 heavy (non-hydrogen) atoms. The van der Waals surface area contributed by atoms with E-state index in [1.165, 1.54) is 0 Å². The van der Waals surface area contributed by atoms with E-state index >= 15 is 0 Å². The highest BCUT2D eigenvalue weighted by atomic mass is 16.1. The number of anilines is 2. The highest BCUT2D eigenvalue weighted by molar-refractivity contribution is 6.16. The molecule has 0 aliphatic carbocycles. The summed E-state index contributed by atoms with van der Waals surface area (Å²) in [5.74, 6) is 0.0533. The van der Waals surface area contributed by atoms with Crippen molar-refractivity contribution in [2.75, 3.05) is 24.1 Å². The molecule has 5 N–H and O–H groups in total. The highest BCUT2D eigenvalue weighted by Crippen LogP contribution is 2.24. The molecule has 2 aromatic heterocycles. The summed E-state index contributed by atoms with van der Waals surface area (Å²) < 4.78 is 1.79. The van der Waals surface area contributed by atoms with Crippen molar-refractivity contribution in [3.63, 3.8) is 0 Å². The summed E-state index contributed by atoms with van der Waals surface area (Å²) in [6, 6.07) is 15.1. The smallest absolute Gasteiger partial charge is 0.288 e. The van der Waals surface area contributed by atoms with Crippen molar-refractivity contribution < 1.29 is 4.79 Å². The molecular weight excluding hydrogens is 468 g/mol. The maximum atomic E-state index is 12.6. The minimum atomic E-state index is -0.461. The van der Waals surface area contributed by atoms with Gasteiger partial charge in [-0.05, 0) is 38.0 Å². The van der Waals surface area contributed by atoms with E-state index in [1.807, 2.05) is 49.5 Å². The zero-order valence-corrected chi connectivity index (χ0v) is 20.6. The third-order valence-corrected chi connectivity index (χ3v) is 6.05. The number of allylic oxidation sites excluding steroid dienone is 1. The number of piperidine rings is 1. The molecule has 1 amide bonds. The number of carbonyl (C=O) groups is 1. The minimum Gasteiger partial charge on any atom is -0.382 e. The van der Waals surface area contributed by atoms with Gasteiger partial charge in [-0.3, -0.25) is 15.0 Å². The van der Waals surface area contributed by atoms with Gasteiger partial charge in [-0.2, -0.15) is 10.2 Å². The molecule has 1 aliphatic rings. The van der Waals surface area contributed by atoms with Crippen molar-refractivity contribution >= 4 is 34.5 Å². The first-order chi connectivity index (χ1) is 17.9. The summed E-state index contributed by atoms with van der Waals surface area (Å²) in [5.41, 5.74) is 8.49. The van der Waals surface area contributed by atoms with E-state index in [9.17, 15) is 9.59 Å². The lowest BCUT2D eigenvalue weighted by atomic mass is 10.00. The Balaban J connectivity index is 0.00000102. The lowest BCUT2D eigenvalue weighted by molar-refractivity contribution is -0.119. The standard InChI is InChI=1S/C24H24N8O2.C3H6/c25-21(15-7-9-18(10-8-15)32-12-16-4-1-2-6-19(16)30-32)20-22(24(34)29-28-23(20)26)27-17-5-3-11-31(13-17)14-33;1-3-2/h1-2,4,6-10,12,14,17,25H,3,5,11,13H2,(H,29,34)(H3,26,27,28);3H,1H2,2H3. The van der Waals surface area contributed by atoms with Crippen LogP contribution < -0.4 is 16.6 Å². The first kappa shape index (κ1) is 25.4. The van der Waals surface area contributed by atoms with Gasteiger partial charge in [-0.25, -0.2) is 9.78 Å². The maximum Gasteiger partial charge on any atom is 0.288 e. The van der Waals surface area contributed by atoms with Gasteiger partial charge in [0.05, 0.1) is 22.5 Å². The molecule has 0 spiro atoms. The van der Waals surface area contributed by atoms with Crippen LogP contribution >= 0.6 is 0 Å². The second-order valence-electron chi connectivity index (χ2n) is 8.73. The maximum absolute atomic E-state index is 12.6. The van der Waals surface area contributed by atoms with Gasteiger partial charge in [0.25, 0.3) is 5.56 Å². The molecule has 1 unspecified atom stereocenters. The summed E-state index contributed by atoms with van der Waals surface area (Å²) in [7, 11) is 0. The molecule has 1 atom stereocenters. The molecule has 10 heteroatoms. The van der Waals surface area contributed by atoms with Crippen molar-refractivity contribution in [3.8, 4) is 5.69 Å². The van der Waals surface area contributed by atoms with Crippen LogP contribution in [0.3, 0.4) is 0 Å². The number of amides is 1. The fraction of sp³-hybridized carbons (Fsp3) is 0.222.